The Balaban J connectivity index is 1.59. The Morgan fingerprint density at radius 1 is 1.24 bits per heavy atom. The number of anilines is 2. The van der Waals surface area contributed by atoms with E-state index in [9.17, 15) is 4.79 Å². The van der Waals surface area contributed by atoms with Crippen LogP contribution in [0.4, 0.5) is 11.5 Å². The molecule has 132 valence electrons. The molecule has 2 heterocycles. The van der Waals surface area contributed by atoms with E-state index in [1.165, 1.54) is 12.8 Å². The van der Waals surface area contributed by atoms with Gasteiger partial charge < -0.3 is 15.0 Å². The van der Waals surface area contributed by atoms with Gasteiger partial charge in [0.15, 0.2) is 0 Å². The number of carbonyl (C=O) groups excluding carboxylic acids is 1. The van der Waals surface area contributed by atoms with Gasteiger partial charge in [0.25, 0.3) is 0 Å². The van der Waals surface area contributed by atoms with E-state index in [1.807, 2.05) is 37.4 Å². The first-order valence-electron chi connectivity index (χ1n) is 8.80. The highest BCUT2D eigenvalue weighted by molar-refractivity contribution is 5.92. The first-order chi connectivity index (χ1) is 12.2. The van der Waals surface area contributed by atoms with Crippen molar-refractivity contribution in [1.82, 2.24) is 4.98 Å². The lowest BCUT2D eigenvalue weighted by molar-refractivity contribution is -0.116. The number of ether oxygens (including phenoxy) is 1. The van der Waals surface area contributed by atoms with Crippen molar-refractivity contribution in [3.05, 3.63) is 47.7 Å². The Kier molecular flexibility index (Phi) is 5.53. The molecular formula is C20H25N3O2. The minimum atomic E-state index is -0.0107. The first kappa shape index (κ1) is 17.3. The Bertz CT molecular complexity index is 739. The summed E-state index contributed by atoms with van der Waals surface area (Å²) in [5.41, 5.74) is 2.95. The molecule has 1 aliphatic heterocycles. The second-order valence-corrected chi connectivity index (χ2v) is 6.47. The number of hydrogen-bond donors (Lipinski definition) is 1. The summed E-state index contributed by atoms with van der Waals surface area (Å²) < 4.78 is 5.31. The number of methoxy groups -OCH3 is 1. The summed E-state index contributed by atoms with van der Waals surface area (Å²) in [4.78, 5) is 19.1. The summed E-state index contributed by atoms with van der Waals surface area (Å²) in [7, 11) is 1.61. The van der Waals surface area contributed by atoms with Gasteiger partial charge in [0.2, 0.25) is 5.91 Å². The summed E-state index contributed by atoms with van der Waals surface area (Å²) in [6.07, 6.45) is 5.42. The van der Waals surface area contributed by atoms with Crippen molar-refractivity contribution in [3.8, 4) is 5.75 Å². The molecule has 1 amide bonds. The van der Waals surface area contributed by atoms with E-state index in [0.29, 0.717) is 18.6 Å². The second kappa shape index (κ2) is 8.01. The lowest BCUT2D eigenvalue weighted by Crippen LogP contribution is -2.19. The first-order valence-corrected chi connectivity index (χ1v) is 8.80. The molecule has 0 unspecified atom stereocenters. The van der Waals surface area contributed by atoms with Crippen LogP contribution in [-0.2, 0) is 11.2 Å². The number of hydrogen-bond acceptors (Lipinski definition) is 4. The number of carbonyl (C=O) groups is 1. The minimum Gasteiger partial charge on any atom is -0.495 e. The fourth-order valence-corrected chi connectivity index (χ4v) is 3.13. The standard InChI is InChI=1S/C20H25N3O2/c1-15-5-7-18(25-2)17(13-15)22-20(24)8-6-16-9-10-21-19(14-16)23-11-3-4-12-23/h5,7,9-10,13-14H,3-4,6,8,11-12H2,1-2H3,(H,22,24). The SMILES string of the molecule is COc1ccc(C)cc1NC(=O)CCc1ccnc(N2CCCC2)c1. The third kappa shape index (κ3) is 4.50. The van der Waals surface area contributed by atoms with Crippen molar-refractivity contribution >= 4 is 17.4 Å². The van der Waals surface area contributed by atoms with Crippen molar-refractivity contribution < 1.29 is 9.53 Å². The van der Waals surface area contributed by atoms with Crippen LogP contribution >= 0.6 is 0 Å². The number of benzene rings is 1. The molecule has 0 saturated carbocycles. The molecular weight excluding hydrogens is 314 g/mol. The average Bonchev–Trinajstić information content (AvgIpc) is 3.15. The highest BCUT2D eigenvalue weighted by atomic mass is 16.5. The number of aromatic nitrogens is 1. The summed E-state index contributed by atoms with van der Waals surface area (Å²) in [6, 6.07) is 9.85. The number of nitrogens with zero attached hydrogens (tertiary/aromatic N) is 2. The van der Waals surface area contributed by atoms with Crippen LogP contribution in [0.1, 0.15) is 30.4 Å². The number of aryl methyl sites for hydroxylation is 2. The average molecular weight is 339 g/mol. The van der Waals surface area contributed by atoms with Crippen molar-refractivity contribution in [2.45, 2.75) is 32.6 Å². The minimum absolute atomic E-state index is 0.0107. The Labute approximate surface area is 149 Å². The van der Waals surface area contributed by atoms with Crippen LogP contribution in [0, 0.1) is 6.92 Å². The molecule has 0 bridgehead atoms. The van der Waals surface area contributed by atoms with Gasteiger partial charge in [-0.05, 0) is 61.6 Å². The maximum Gasteiger partial charge on any atom is 0.224 e. The van der Waals surface area contributed by atoms with E-state index < -0.39 is 0 Å². The van der Waals surface area contributed by atoms with E-state index in [1.54, 1.807) is 7.11 Å². The van der Waals surface area contributed by atoms with Gasteiger partial charge in [0, 0.05) is 25.7 Å². The normalized spacial score (nSPS) is 13.8. The molecule has 1 N–H and O–H groups in total. The van der Waals surface area contributed by atoms with Gasteiger partial charge in [0.1, 0.15) is 11.6 Å². The molecule has 1 fully saturated rings. The van der Waals surface area contributed by atoms with Crippen LogP contribution in [0.25, 0.3) is 0 Å². The van der Waals surface area contributed by atoms with Gasteiger partial charge in [-0.25, -0.2) is 4.98 Å². The van der Waals surface area contributed by atoms with E-state index in [2.05, 4.69) is 21.3 Å². The zero-order valence-electron chi connectivity index (χ0n) is 14.9. The molecule has 25 heavy (non-hydrogen) atoms. The summed E-state index contributed by atoms with van der Waals surface area (Å²) >= 11 is 0. The van der Waals surface area contributed by atoms with Crippen molar-refractivity contribution in [2.24, 2.45) is 0 Å². The number of nitrogens with one attached hydrogen (secondary N) is 1. The molecule has 0 radical (unpaired) electrons. The summed E-state index contributed by atoms with van der Waals surface area (Å²) in [5, 5.41) is 2.95. The molecule has 3 rings (SSSR count). The molecule has 5 nitrogen and oxygen atoms in total. The van der Waals surface area contributed by atoms with Gasteiger partial charge in [-0.15, -0.1) is 0 Å². The largest absolute Gasteiger partial charge is 0.495 e. The molecule has 0 atom stereocenters. The lowest BCUT2D eigenvalue weighted by Gasteiger charge is -2.16. The molecule has 1 aromatic heterocycles. The van der Waals surface area contributed by atoms with Gasteiger partial charge in [-0.3, -0.25) is 4.79 Å². The third-order valence-electron chi connectivity index (χ3n) is 4.51. The molecule has 1 saturated heterocycles. The summed E-state index contributed by atoms with van der Waals surface area (Å²) in [5.74, 6) is 1.69. The van der Waals surface area contributed by atoms with Crippen LogP contribution in [0.3, 0.4) is 0 Å². The molecule has 2 aromatic rings. The number of amides is 1. The van der Waals surface area contributed by atoms with Crippen LogP contribution in [0.15, 0.2) is 36.5 Å². The van der Waals surface area contributed by atoms with Crippen molar-refractivity contribution in [2.75, 3.05) is 30.4 Å². The van der Waals surface area contributed by atoms with Gasteiger partial charge in [0.05, 0.1) is 12.8 Å². The van der Waals surface area contributed by atoms with Gasteiger partial charge in [-0.1, -0.05) is 6.07 Å². The van der Waals surface area contributed by atoms with E-state index in [-0.39, 0.29) is 5.91 Å². The zero-order chi connectivity index (χ0) is 17.6. The second-order valence-electron chi connectivity index (χ2n) is 6.47. The highest BCUT2D eigenvalue weighted by Crippen LogP contribution is 2.25. The quantitative estimate of drug-likeness (QED) is 0.874. The molecule has 0 spiro atoms. The highest BCUT2D eigenvalue weighted by Gasteiger charge is 2.14. The van der Waals surface area contributed by atoms with Crippen LogP contribution in [0.2, 0.25) is 0 Å². The smallest absolute Gasteiger partial charge is 0.224 e. The maximum atomic E-state index is 12.3. The van der Waals surface area contributed by atoms with E-state index >= 15 is 0 Å². The van der Waals surface area contributed by atoms with Crippen LogP contribution in [-0.4, -0.2) is 31.1 Å². The third-order valence-corrected chi connectivity index (χ3v) is 4.51. The van der Waals surface area contributed by atoms with E-state index in [0.717, 1.165) is 35.7 Å². The molecule has 1 aromatic carbocycles. The number of rotatable bonds is 6. The summed E-state index contributed by atoms with van der Waals surface area (Å²) in [6.45, 7) is 4.14. The predicted octanol–water partition coefficient (Wildman–Crippen LogP) is 3.57. The van der Waals surface area contributed by atoms with Crippen LogP contribution in [0.5, 0.6) is 5.75 Å². The Morgan fingerprint density at radius 2 is 2.04 bits per heavy atom. The topological polar surface area (TPSA) is 54.5 Å². The Hall–Kier alpha value is -2.56. The zero-order valence-corrected chi connectivity index (χ0v) is 14.9. The fraction of sp³-hybridized carbons (Fsp3) is 0.400. The maximum absolute atomic E-state index is 12.3. The Morgan fingerprint density at radius 3 is 2.80 bits per heavy atom. The predicted molar refractivity (Wildman–Crippen MR) is 100 cm³/mol. The molecule has 5 heteroatoms. The van der Waals surface area contributed by atoms with Gasteiger partial charge in [-0.2, -0.15) is 0 Å². The van der Waals surface area contributed by atoms with E-state index in [4.69, 9.17) is 4.74 Å². The number of pyridine rings is 1. The van der Waals surface area contributed by atoms with Crippen molar-refractivity contribution in [1.29, 1.82) is 0 Å². The lowest BCUT2D eigenvalue weighted by atomic mass is 10.1. The molecule has 1 aliphatic rings. The molecule has 0 aliphatic carbocycles. The monoisotopic (exact) mass is 339 g/mol. The van der Waals surface area contributed by atoms with Gasteiger partial charge >= 0.3 is 0 Å². The fourth-order valence-electron chi connectivity index (χ4n) is 3.13. The van der Waals surface area contributed by atoms with Crippen molar-refractivity contribution in [3.63, 3.8) is 0 Å². The van der Waals surface area contributed by atoms with Crippen LogP contribution < -0.4 is 15.0 Å².